The average molecular weight is 279 g/mol. The van der Waals surface area contributed by atoms with Gasteiger partial charge in [-0.25, -0.2) is 0 Å². The molecule has 0 heterocycles. The molecule has 0 aliphatic heterocycles. The number of hydrogen-bond donors (Lipinski definition) is 1. The zero-order chi connectivity index (χ0) is 15.1. The molecule has 0 aromatic heterocycles. The predicted octanol–water partition coefficient (Wildman–Crippen LogP) is 3.00. The summed E-state index contributed by atoms with van der Waals surface area (Å²) in [6.07, 6.45) is 0. The second kappa shape index (κ2) is 7.16. The first-order chi connectivity index (χ1) is 10.2. The van der Waals surface area contributed by atoms with Crippen LogP contribution in [0.2, 0.25) is 0 Å². The monoisotopic (exact) mass is 279 g/mol. The molecule has 0 aliphatic carbocycles. The first-order valence-corrected chi connectivity index (χ1v) is 6.67. The molecule has 0 unspecified atom stereocenters. The normalized spacial score (nSPS) is 9.43. The van der Waals surface area contributed by atoms with E-state index < -0.39 is 0 Å². The Kier molecular flexibility index (Phi) is 5.00. The molecule has 0 saturated heterocycles. The fraction of sp³-hybridized carbons (Fsp3) is 0.167. The van der Waals surface area contributed by atoms with Crippen molar-refractivity contribution in [3.8, 4) is 17.6 Å². The first kappa shape index (κ1) is 14.7. The van der Waals surface area contributed by atoms with E-state index in [9.17, 15) is 4.79 Å². The van der Waals surface area contributed by atoms with Gasteiger partial charge in [0.2, 0.25) is 0 Å². The molecule has 0 saturated carbocycles. The molecule has 0 bridgehead atoms. The van der Waals surface area contributed by atoms with Crippen molar-refractivity contribution in [3.05, 3.63) is 65.2 Å². The van der Waals surface area contributed by atoms with Gasteiger partial charge >= 0.3 is 0 Å². The van der Waals surface area contributed by atoms with E-state index in [2.05, 4.69) is 17.2 Å². The van der Waals surface area contributed by atoms with Crippen molar-refractivity contribution in [2.45, 2.75) is 13.5 Å². The van der Waals surface area contributed by atoms with Gasteiger partial charge in [0.1, 0.15) is 5.75 Å². The van der Waals surface area contributed by atoms with Gasteiger partial charge in [-0.2, -0.15) is 0 Å². The number of carbonyl (C=O) groups excluding carboxylic acids is 1. The summed E-state index contributed by atoms with van der Waals surface area (Å²) in [5, 5.41) is 2.89. The molecule has 2 aromatic rings. The highest BCUT2D eigenvalue weighted by Crippen LogP contribution is 2.11. The van der Waals surface area contributed by atoms with E-state index in [0.29, 0.717) is 12.1 Å². The van der Waals surface area contributed by atoms with Crippen LogP contribution < -0.4 is 10.1 Å². The molecule has 21 heavy (non-hydrogen) atoms. The van der Waals surface area contributed by atoms with Crippen molar-refractivity contribution >= 4 is 5.91 Å². The number of amides is 1. The maximum absolute atomic E-state index is 12.0. The van der Waals surface area contributed by atoms with Gasteiger partial charge in [0.15, 0.2) is 0 Å². The Morgan fingerprint density at radius 2 is 1.76 bits per heavy atom. The molecule has 0 atom stereocenters. The maximum Gasteiger partial charge on any atom is 0.251 e. The number of ether oxygens (including phenoxy) is 1. The molecule has 0 aliphatic rings. The molecule has 3 nitrogen and oxygen atoms in total. The molecular weight excluding hydrogens is 262 g/mol. The minimum Gasteiger partial charge on any atom is -0.497 e. The van der Waals surface area contributed by atoms with E-state index in [1.807, 2.05) is 36.4 Å². The van der Waals surface area contributed by atoms with Crippen molar-refractivity contribution in [3.63, 3.8) is 0 Å². The van der Waals surface area contributed by atoms with Gasteiger partial charge in [0.25, 0.3) is 5.91 Å². The standard InChI is InChI=1S/C18H17NO2/c1-3-4-14-5-9-16(10-6-14)18(20)19-13-15-7-11-17(21-2)12-8-15/h5-12H,13H2,1-2H3,(H,19,20). The van der Waals surface area contributed by atoms with Gasteiger partial charge in [0.05, 0.1) is 7.11 Å². The summed E-state index contributed by atoms with van der Waals surface area (Å²) in [6, 6.07) is 14.9. The van der Waals surface area contributed by atoms with Crippen LogP contribution in [0.3, 0.4) is 0 Å². The second-order valence-electron chi connectivity index (χ2n) is 4.48. The molecular formula is C18H17NO2. The summed E-state index contributed by atoms with van der Waals surface area (Å²) < 4.78 is 5.10. The average Bonchev–Trinajstić information content (AvgIpc) is 2.54. The Balaban J connectivity index is 1.95. The third kappa shape index (κ3) is 4.12. The van der Waals surface area contributed by atoms with Crippen LogP contribution >= 0.6 is 0 Å². The van der Waals surface area contributed by atoms with E-state index in [-0.39, 0.29) is 5.91 Å². The summed E-state index contributed by atoms with van der Waals surface area (Å²) in [5.74, 6) is 6.48. The number of hydrogen-bond acceptors (Lipinski definition) is 2. The van der Waals surface area contributed by atoms with E-state index >= 15 is 0 Å². The van der Waals surface area contributed by atoms with Gasteiger partial charge in [-0.05, 0) is 48.9 Å². The third-order valence-corrected chi connectivity index (χ3v) is 3.03. The molecule has 1 N–H and O–H groups in total. The number of carbonyl (C=O) groups is 1. The van der Waals surface area contributed by atoms with Crippen LogP contribution in [-0.4, -0.2) is 13.0 Å². The van der Waals surface area contributed by atoms with Crippen molar-refractivity contribution in [1.29, 1.82) is 0 Å². The van der Waals surface area contributed by atoms with E-state index in [1.54, 1.807) is 26.2 Å². The summed E-state index contributed by atoms with van der Waals surface area (Å²) in [5.41, 5.74) is 2.56. The first-order valence-electron chi connectivity index (χ1n) is 6.67. The van der Waals surface area contributed by atoms with E-state index in [1.165, 1.54) is 0 Å². The quantitative estimate of drug-likeness (QED) is 0.874. The highest BCUT2D eigenvalue weighted by Gasteiger charge is 2.04. The number of rotatable bonds is 4. The molecule has 2 rings (SSSR count). The van der Waals surface area contributed by atoms with E-state index in [4.69, 9.17) is 4.74 Å². The van der Waals surface area contributed by atoms with Gasteiger partial charge in [-0.3, -0.25) is 4.79 Å². The SMILES string of the molecule is CC#Cc1ccc(C(=O)NCc2ccc(OC)cc2)cc1. The molecule has 1 amide bonds. The Labute approximate surface area is 125 Å². The highest BCUT2D eigenvalue weighted by molar-refractivity contribution is 5.94. The largest absolute Gasteiger partial charge is 0.497 e. The van der Waals surface area contributed by atoms with Crippen LogP contribution in [0.25, 0.3) is 0 Å². The van der Waals surface area contributed by atoms with Crippen molar-refractivity contribution in [1.82, 2.24) is 5.32 Å². The zero-order valence-corrected chi connectivity index (χ0v) is 12.1. The van der Waals surface area contributed by atoms with E-state index in [0.717, 1.165) is 16.9 Å². The lowest BCUT2D eigenvalue weighted by Crippen LogP contribution is -2.22. The summed E-state index contributed by atoms with van der Waals surface area (Å²) in [6.45, 7) is 2.27. The minimum atomic E-state index is -0.0955. The lowest BCUT2D eigenvalue weighted by atomic mass is 10.1. The molecule has 0 fully saturated rings. The Bertz CT molecular complexity index is 661. The minimum absolute atomic E-state index is 0.0955. The Morgan fingerprint density at radius 1 is 1.10 bits per heavy atom. The Hall–Kier alpha value is -2.73. The molecule has 2 aromatic carbocycles. The summed E-state index contributed by atoms with van der Waals surface area (Å²) >= 11 is 0. The summed E-state index contributed by atoms with van der Waals surface area (Å²) in [7, 11) is 1.63. The van der Waals surface area contributed by atoms with Crippen molar-refractivity contribution in [2.24, 2.45) is 0 Å². The summed E-state index contributed by atoms with van der Waals surface area (Å²) in [4.78, 5) is 12.0. The van der Waals surface area contributed by atoms with Crippen molar-refractivity contribution < 1.29 is 9.53 Å². The van der Waals surface area contributed by atoms with Gasteiger partial charge in [0, 0.05) is 17.7 Å². The number of benzene rings is 2. The van der Waals surface area contributed by atoms with Gasteiger partial charge in [-0.1, -0.05) is 18.1 Å². The molecule has 3 heteroatoms. The predicted molar refractivity (Wildman–Crippen MR) is 83.2 cm³/mol. The van der Waals surface area contributed by atoms with Crippen LogP contribution in [0, 0.1) is 11.8 Å². The molecule has 0 spiro atoms. The van der Waals surface area contributed by atoms with Crippen LogP contribution in [0.5, 0.6) is 5.75 Å². The number of methoxy groups -OCH3 is 1. The van der Waals surface area contributed by atoms with Gasteiger partial charge in [-0.15, -0.1) is 5.92 Å². The molecule has 106 valence electrons. The smallest absolute Gasteiger partial charge is 0.251 e. The maximum atomic E-state index is 12.0. The topological polar surface area (TPSA) is 38.3 Å². The van der Waals surface area contributed by atoms with Crippen LogP contribution in [0.4, 0.5) is 0 Å². The lowest BCUT2D eigenvalue weighted by molar-refractivity contribution is 0.0951. The van der Waals surface area contributed by atoms with Crippen LogP contribution in [0.1, 0.15) is 28.4 Å². The third-order valence-electron chi connectivity index (χ3n) is 3.03. The lowest BCUT2D eigenvalue weighted by Gasteiger charge is -2.06. The van der Waals surface area contributed by atoms with Crippen LogP contribution in [0.15, 0.2) is 48.5 Å². The zero-order valence-electron chi connectivity index (χ0n) is 12.1. The number of nitrogens with one attached hydrogen (secondary N) is 1. The fourth-order valence-electron chi connectivity index (χ4n) is 1.88. The Morgan fingerprint density at radius 3 is 2.33 bits per heavy atom. The second-order valence-corrected chi connectivity index (χ2v) is 4.48. The molecule has 0 radical (unpaired) electrons. The highest BCUT2D eigenvalue weighted by atomic mass is 16.5. The van der Waals surface area contributed by atoms with Gasteiger partial charge < -0.3 is 10.1 Å². The van der Waals surface area contributed by atoms with Crippen molar-refractivity contribution in [2.75, 3.05) is 7.11 Å². The van der Waals surface area contributed by atoms with Crippen LogP contribution in [-0.2, 0) is 6.54 Å². The fourth-order valence-corrected chi connectivity index (χ4v) is 1.88.